The molecule has 0 fully saturated rings. The lowest BCUT2D eigenvalue weighted by Crippen LogP contribution is -2.05. The zero-order valence-electron chi connectivity index (χ0n) is 24.4. The first-order chi connectivity index (χ1) is 17.7. The standard InChI is InChI=1S/C32H62O4/c1-3-5-7-21-25-29-35-31(33)27-23-19-17-15-13-11-9-10-12-14-16-18-20-24-28-32(34)36-30-26-22-8-6-4-2/h3-30H2,1-2H3. The van der Waals surface area contributed by atoms with Gasteiger partial charge >= 0.3 is 11.9 Å². The molecule has 0 aromatic carbocycles. The molecule has 4 nitrogen and oxygen atoms in total. The summed E-state index contributed by atoms with van der Waals surface area (Å²) in [6.07, 6.45) is 30.6. The molecule has 214 valence electrons. The summed E-state index contributed by atoms with van der Waals surface area (Å²) in [7, 11) is 0. The molecule has 0 aliphatic rings. The molecule has 0 saturated heterocycles. The van der Waals surface area contributed by atoms with E-state index in [0.29, 0.717) is 26.1 Å². The number of ether oxygens (including phenoxy) is 2. The summed E-state index contributed by atoms with van der Waals surface area (Å²) in [5.41, 5.74) is 0. The Labute approximate surface area is 225 Å². The molecule has 0 unspecified atom stereocenters. The second-order valence-corrected chi connectivity index (χ2v) is 10.7. The molecule has 0 heterocycles. The van der Waals surface area contributed by atoms with Crippen molar-refractivity contribution in [1.82, 2.24) is 0 Å². The van der Waals surface area contributed by atoms with Crippen LogP contribution in [0.15, 0.2) is 0 Å². The molecule has 0 N–H and O–H groups in total. The van der Waals surface area contributed by atoms with Gasteiger partial charge in [-0.1, -0.05) is 142 Å². The quantitative estimate of drug-likeness (QED) is 0.0741. The molecular formula is C32H62O4. The Morgan fingerprint density at radius 1 is 0.361 bits per heavy atom. The van der Waals surface area contributed by atoms with Gasteiger partial charge in [0.15, 0.2) is 0 Å². The molecule has 36 heavy (non-hydrogen) atoms. The number of carbonyl (C=O) groups excluding carboxylic acids is 2. The van der Waals surface area contributed by atoms with Crippen LogP contribution in [0.2, 0.25) is 0 Å². The van der Waals surface area contributed by atoms with E-state index in [9.17, 15) is 9.59 Å². The Morgan fingerprint density at radius 3 is 0.917 bits per heavy atom. The van der Waals surface area contributed by atoms with E-state index in [1.807, 2.05) is 0 Å². The second-order valence-electron chi connectivity index (χ2n) is 10.7. The average Bonchev–Trinajstić information content (AvgIpc) is 2.87. The lowest BCUT2D eigenvalue weighted by Gasteiger charge is -2.06. The monoisotopic (exact) mass is 510 g/mol. The highest BCUT2D eigenvalue weighted by molar-refractivity contribution is 5.69. The number of rotatable bonds is 29. The number of carbonyl (C=O) groups is 2. The summed E-state index contributed by atoms with van der Waals surface area (Å²) in [5.74, 6) is -0.00649. The van der Waals surface area contributed by atoms with Gasteiger partial charge in [0.25, 0.3) is 0 Å². The van der Waals surface area contributed by atoms with Crippen LogP contribution >= 0.6 is 0 Å². The van der Waals surface area contributed by atoms with Crippen LogP contribution < -0.4 is 0 Å². The highest BCUT2D eigenvalue weighted by Crippen LogP contribution is 2.14. The van der Waals surface area contributed by atoms with E-state index in [2.05, 4.69) is 13.8 Å². The van der Waals surface area contributed by atoms with E-state index < -0.39 is 0 Å². The third-order valence-corrected chi connectivity index (χ3v) is 7.03. The highest BCUT2D eigenvalue weighted by Gasteiger charge is 2.03. The second kappa shape index (κ2) is 30.2. The average molecular weight is 511 g/mol. The zero-order valence-corrected chi connectivity index (χ0v) is 24.4. The lowest BCUT2D eigenvalue weighted by atomic mass is 10.0. The van der Waals surface area contributed by atoms with Crippen LogP contribution in [0.4, 0.5) is 0 Å². The summed E-state index contributed by atoms with van der Waals surface area (Å²) >= 11 is 0. The Morgan fingerprint density at radius 2 is 0.611 bits per heavy atom. The normalized spacial score (nSPS) is 11.1. The van der Waals surface area contributed by atoms with E-state index >= 15 is 0 Å². The molecule has 0 aromatic heterocycles. The summed E-state index contributed by atoms with van der Waals surface area (Å²) in [4.78, 5) is 23.4. The Bertz CT molecular complexity index is 421. The Hall–Kier alpha value is -1.06. The van der Waals surface area contributed by atoms with Crippen molar-refractivity contribution in [3.05, 3.63) is 0 Å². The largest absolute Gasteiger partial charge is 0.466 e. The number of hydrogen-bond acceptors (Lipinski definition) is 4. The van der Waals surface area contributed by atoms with E-state index in [4.69, 9.17) is 9.47 Å². The van der Waals surface area contributed by atoms with Gasteiger partial charge in [-0.3, -0.25) is 9.59 Å². The first-order valence-electron chi connectivity index (χ1n) is 16.0. The molecular weight excluding hydrogens is 448 g/mol. The first-order valence-corrected chi connectivity index (χ1v) is 16.0. The summed E-state index contributed by atoms with van der Waals surface area (Å²) in [6.45, 7) is 5.65. The van der Waals surface area contributed by atoms with Crippen LogP contribution in [0.1, 0.15) is 181 Å². The molecule has 4 heteroatoms. The number of hydrogen-bond donors (Lipinski definition) is 0. The van der Waals surface area contributed by atoms with Crippen LogP contribution in [0.3, 0.4) is 0 Å². The molecule has 0 radical (unpaired) electrons. The van der Waals surface area contributed by atoms with Crippen molar-refractivity contribution in [3.8, 4) is 0 Å². The van der Waals surface area contributed by atoms with Gasteiger partial charge in [0.2, 0.25) is 0 Å². The smallest absolute Gasteiger partial charge is 0.305 e. The number of unbranched alkanes of at least 4 members (excludes halogenated alkanes) is 21. The molecule has 0 bridgehead atoms. The van der Waals surface area contributed by atoms with Crippen molar-refractivity contribution < 1.29 is 19.1 Å². The molecule has 0 aliphatic carbocycles. The minimum Gasteiger partial charge on any atom is -0.466 e. The minimum atomic E-state index is -0.00325. The molecule has 0 aromatic rings. The van der Waals surface area contributed by atoms with Crippen LogP contribution in [-0.4, -0.2) is 25.2 Å². The Kier molecular flexibility index (Phi) is 29.3. The zero-order chi connectivity index (χ0) is 26.4. The minimum absolute atomic E-state index is 0.00325. The molecule has 0 spiro atoms. The molecule has 0 amide bonds. The topological polar surface area (TPSA) is 52.6 Å². The maximum atomic E-state index is 11.7. The third-order valence-electron chi connectivity index (χ3n) is 7.03. The van der Waals surface area contributed by atoms with Gasteiger partial charge in [-0.05, 0) is 25.7 Å². The van der Waals surface area contributed by atoms with Crippen LogP contribution in [0, 0.1) is 0 Å². The maximum absolute atomic E-state index is 11.7. The van der Waals surface area contributed by atoms with E-state index in [1.54, 1.807) is 0 Å². The fraction of sp³-hybridized carbons (Fsp3) is 0.938. The van der Waals surface area contributed by atoms with Crippen molar-refractivity contribution in [2.24, 2.45) is 0 Å². The van der Waals surface area contributed by atoms with Gasteiger partial charge in [0.1, 0.15) is 0 Å². The van der Waals surface area contributed by atoms with Crippen molar-refractivity contribution in [1.29, 1.82) is 0 Å². The van der Waals surface area contributed by atoms with Crippen molar-refractivity contribution in [3.63, 3.8) is 0 Å². The maximum Gasteiger partial charge on any atom is 0.305 e. The van der Waals surface area contributed by atoms with Gasteiger partial charge in [-0.25, -0.2) is 0 Å². The van der Waals surface area contributed by atoms with Gasteiger partial charge < -0.3 is 9.47 Å². The van der Waals surface area contributed by atoms with Gasteiger partial charge in [-0.15, -0.1) is 0 Å². The van der Waals surface area contributed by atoms with Crippen LogP contribution in [0.25, 0.3) is 0 Å². The van der Waals surface area contributed by atoms with E-state index in [1.165, 1.54) is 116 Å². The predicted octanol–water partition coefficient (Wildman–Crippen LogP) is 10.3. The van der Waals surface area contributed by atoms with Crippen LogP contribution in [0.5, 0.6) is 0 Å². The van der Waals surface area contributed by atoms with Gasteiger partial charge in [-0.2, -0.15) is 0 Å². The van der Waals surface area contributed by atoms with Gasteiger partial charge in [0, 0.05) is 12.8 Å². The molecule has 0 aliphatic heterocycles. The first kappa shape index (κ1) is 34.9. The SMILES string of the molecule is CCCCCCCOC(=O)CCCCCCCCCCCCCCCCC(=O)OCCCCCCC. The molecule has 0 rings (SSSR count). The molecule has 0 atom stereocenters. The fourth-order valence-electron chi connectivity index (χ4n) is 4.59. The van der Waals surface area contributed by atoms with Crippen molar-refractivity contribution in [2.45, 2.75) is 181 Å². The van der Waals surface area contributed by atoms with E-state index in [0.717, 1.165) is 38.5 Å². The van der Waals surface area contributed by atoms with Crippen LogP contribution in [-0.2, 0) is 19.1 Å². The molecule has 0 saturated carbocycles. The number of esters is 2. The fourth-order valence-corrected chi connectivity index (χ4v) is 4.59. The summed E-state index contributed by atoms with van der Waals surface area (Å²) < 4.78 is 10.6. The third kappa shape index (κ3) is 29.2. The Balaban J connectivity index is 3.18. The highest BCUT2D eigenvalue weighted by atomic mass is 16.5. The summed E-state index contributed by atoms with van der Waals surface area (Å²) in [6, 6.07) is 0. The summed E-state index contributed by atoms with van der Waals surface area (Å²) in [5, 5.41) is 0. The van der Waals surface area contributed by atoms with Gasteiger partial charge in [0.05, 0.1) is 13.2 Å². The predicted molar refractivity (Wildman–Crippen MR) is 153 cm³/mol. The lowest BCUT2D eigenvalue weighted by molar-refractivity contribution is -0.144. The van der Waals surface area contributed by atoms with Crippen molar-refractivity contribution >= 4 is 11.9 Å². The van der Waals surface area contributed by atoms with E-state index in [-0.39, 0.29) is 11.9 Å². The van der Waals surface area contributed by atoms with Crippen molar-refractivity contribution in [2.75, 3.05) is 13.2 Å².